The van der Waals surface area contributed by atoms with E-state index in [-0.39, 0.29) is 11.7 Å². The van der Waals surface area contributed by atoms with Crippen molar-refractivity contribution < 1.29 is 9.18 Å². The molecular formula is C19H16FN3O. The third-order valence-corrected chi connectivity index (χ3v) is 3.40. The molecule has 0 spiro atoms. The number of carbonyl (C=O) groups is 1. The number of benzene rings is 2. The smallest absolute Gasteiger partial charge is 0.255 e. The second-order valence-corrected chi connectivity index (χ2v) is 5.39. The molecule has 4 nitrogen and oxygen atoms in total. The van der Waals surface area contributed by atoms with Crippen molar-refractivity contribution in [2.75, 3.05) is 10.6 Å². The highest BCUT2D eigenvalue weighted by Crippen LogP contribution is 2.17. The Labute approximate surface area is 139 Å². The van der Waals surface area contributed by atoms with Crippen LogP contribution in [0.3, 0.4) is 0 Å². The zero-order valence-corrected chi connectivity index (χ0v) is 13.1. The lowest BCUT2D eigenvalue weighted by Crippen LogP contribution is -2.12. The fraction of sp³-hybridized carbons (Fsp3) is 0.0526. The van der Waals surface area contributed by atoms with Gasteiger partial charge < -0.3 is 10.6 Å². The normalized spacial score (nSPS) is 10.2. The number of nitrogens with one attached hydrogen (secondary N) is 2. The van der Waals surface area contributed by atoms with Gasteiger partial charge in [-0.2, -0.15) is 0 Å². The number of carbonyl (C=O) groups excluding carboxylic acids is 1. The molecule has 3 rings (SSSR count). The maximum atomic E-state index is 13.2. The van der Waals surface area contributed by atoms with Crippen molar-refractivity contribution in [1.29, 1.82) is 0 Å². The molecule has 2 aromatic carbocycles. The summed E-state index contributed by atoms with van der Waals surface area (Å²) in [6.07, 6.45) is 1.55. The molecule has 0 radical (unpaired) electrons. The maximum Gasteiger partial charge on any atom is 0.255 e. The standard InChI is InChI=1S/C19H16FN3O/c1-13-4-2-5-14(10-13)19(24)23-17-8-9-18(21-12-17)22-16-7-3-6-15(20)11-16/h2-12H,1H3,(H,21,22)(H,23,24). The van der Waals surface area contributed by atoms with Gasteiger partial charge in [-0.15, -0.1) is 0 Å². The number of aryl methyl sites for hydroxylation is 1. The minimum absolute atomic E-state index is 0.189. The van der Waals surface area contributed by atoms with E-state index in [1.54, 1.807) is 36.5 Å². The van der Waals surface area contributed by atoms with Crippen LogP contribution in [-0.2, 0) is 0 Å². The lowest BCUT2D eigenvalue weighted by molar-refractivity contribution is 0.102. The van der Waals surface area contributed by atoms with Crippen molar-refractivity contribution in [3.05, 3.63) is 83.8 Å². The number of hydrogen-bond donors (Lipinski definition) is 2. The fourth-order valence-electron chi connectivity index (χ4n) is 2.25. The topological polar surface area (TPSA) is 54.0 Å². The van der Waals surface area contributed by atoms with Gasteiger partial charge in [-0.3, -0.25) is 4.79 Å². The third kappa shape index (κ3) is 3.95. The lowest BCUT2D eigenvalue weighted by Gasteiger charge is -2.08. The Morgan fingerprint density at radius 2 is 1.83 bits per heavy atom. The van der Waals surface area contributed by atoms with Crippen molar-refractivity contribution in [3.63, 3.8) is 0 Å². The molecule has 0 saturated heterocycles. The van der Waals surface area contributed by atoms with Gasteiger partial charge in [0.05, 0.1) is 11.9 Å². The number of rotatable bonds is 4. The second-order valence-electron chi connectivity index (χ2n) is 5.39. The molecule has 0 aliphatic carbocycles. The van der Waals surface area contributed by atoms with E-state index in [1.807, 2.05) is 25.1 Å². The van der Waals surface area contributed by atoms with Crippen LogP contribution in [0.25, 0.3) is 0 Å². The van der Waals surface area contributed by atoms with Gasteiger partial charge in [0, 0.05) is 11.3 Å². The third-order valence-electron chi connectivity index (χ3n) is 3.40. The summed E-state index contributed by atoms with van der Waals surface area (Å²) in [6.45, 7) is 1.94. The van der Waals surface area contributed by atoms with Crippen LogP contribution < -0.4 is 10.6 Å². The summed E-state index contributed by atoms with van der Waals surface area (Å²) in [4.78, 5) is 16.4. The van der Waals surface area contributed by atoms with Crippen molar-refractivity contribution in [2.45, 2.75) is 6.92 Å². The number of pyridine rings is 1. The number of anilines is 3. The molecule has 0 atom stereocenters. The Kier molecular flexibility index (Phi) is 4.52. The van der Waals surface area contributed by atoms with Gasteiger partial charge in [-0.25, -0.2) is 9.37 Å². The zero-order valence-electron chi connectivity index (χ0n) is 13.1. The van der Waals surface area contributed by atoms with Crippen LogP contribution in [0.15, 0.2) is 66.9 Å². The average molecular weight is 321 g/mol. The van der Waals surface area contributed by atoms with Gasteiger partial charge in [0.1, 0.15) is 11.6 Å². The SMILES string of the molecule is Cc1cccc(C(=O)Nc2ccc(Nc3cccc(F)c3)nc2)c1. The first-order chi connectivity index (χ1) is 11.6. The highest BCUT2D eigenvalue weighted by molar-refractivity contribution is 6.04. The van der Waals surface area contributed by atoms with E-state index in [4.69, 9.17) is 0 Å². The molecule has 24 heavy (non-hydrogen) atoms. The van der Waals surface area contributed by atoms with Gasteiger partial charge in [-0.1, -0.05) is 23.8 Å². The van der Waals surface area contributed by atoms with Gasteiger partial charge in [0.2, 0.25) is 0 Å². The summed E-state index contributed by atoms with van der Waals surface area (Å²) in [6, 6.07) is 16.9. The summed E-state index contributed by atoms with van der Waals surface area (Å²) in [5, 5.41) is 5.80. The van der Waals surface area contributed by atoms with Crippen molar-refractivity contribution >= 4 is 23.1 Å². The van der Waals surface area contributed by atoms with E-state index in [2.05, 4.69) is 15.6 Å². The molecule has 0 aliphatic rings. The van der Waals surface area contributed by atoms with E-state index in [0.29, 0.717) is 22.8 Å². The minimum atomic E-state index is -0.318. The predicted octanol–water partition coefficient (Wildman–Crippen LogP) is 4.53. The molecule has 2 N–H and O–H groups in total. The van der Waals surface area contributed by atoms with Crippen molar-refractivity contribution in [2.24, 2.45) is 0 Å². The maximum absolute atomic E-state index is 13.2. The van der Waals surface area contributed by atoms with E-state index < -0.39 is 0 Å². The van der Waals surface area contributed by atoms with Crippen LogP contribution in [0.2, 0.25) is 0 Å². The van der Waals surface area contributed by atoms with Crippen LogP contribution in [-0.4, -0.2) is 10.9 Å². The summed E-state index contributed by atoms with van der Waals surface area (Å²) < 4.78 is 13.2. The summed E-state index contributed by atoms with van der Waals surface area (Å²) in [5.41, 5.74) is 2.82. The summed E-state index contributed by atoms with van der Waals surface area (Å²) in [5.74, 6) is 0.0579. The molecule has 120 valence electrons. The van der Waals surface area contributed by atoms with E-state index in [0.717, 1.165) is 5.56 Å². The van der Waals surface area contributed by atoms with Crippen molar-refractivity contribution in [1.82, 2.24) is 4.98 Å². The van der Waals surface area contributed by atoms with Gasteiger partial charge in [-0.05, 0) is 49.4 Å². The lowest BCUT2D eigenvalue weighted by atomic mass is 10.1. The molecular weight excluding hydrogens is 305 g/mol. The number of halogens is 1. The average Bonchev–Trinajstić information content (AvgIpc) is 2.57. The number of nitrogens with zero attached hydrogens (tertiary/aromatic N) is 1. The van der Waals surface area contributed by atoms with E-state index >= 15 is 0 Å². The molecule has 0 unspecified atom stereocenters. The highest BCUT2D eigenvalue weighted by atomic mass is 19.1. The van der Waals surface area contributed by atoms with Crippen LogP contribution in [0, 0.1) is 12.7 Å². The van der Waals surface area contributed by atoms with Gasteiger partial charge in [0.25, 0.3) is 5.91 Å². The second kappa shape index (κ2) is 6.91. The molecule has 1 heterocycles. The quantitative estimate of drug-likeness (QED) is 0.742. The van der Waals surface area contributed by atoms with E-state index in [1.165, 1.54) is 12.1 Å². The molecule has 1 amide bonds. The monoisotopic (exact) mass is 321 g/mol. The Bertz CT molecular complexity index is 862. The number of amides is 1. The fourth-order valence-corrected chi connectivity index (χ4v) is 2.25. The van der Waals surface area contributed by atoms with Crippen LogP contribution >= 0.6 is 0 Å². The Balaban J connectivity index is 1.67. The molecule has 3 aromatic rings. The minimum Gasteiger partial charge on any atom is -0.340 e. The van der Waals surface area contributed by atoms with Crippen LogP contribution in [0.1, 0.15) is 15.9 Å². The largest absolute Gasteiger partial charge is 0.340 e. The first-order valence-electron chi connectivity index (χ1n) is 7.47. The first-order valence-corrected chi connectivity index (χ1v) is 7.47. The predicted molar refractivity (Wildman–Crippen MR) is 93.1 cm³/mol. The number of hydrogen-bond acceptors (Lipinski definition) is 3. The molecule has 1 aromatic heterocycles. The van der Waals surface area contributed by atoms with Crippen LogP contribution in [0.5, 0.6) is 0 Å². The van der Waals surface area contributed by atoms with Gasteiger partial charge in [0.15, 0.2) is 0 Å². The first kappa shape index (κ1) is 15.7. The summed E-state index contributed by atoms with van der Waals surface area (Å²) >= 11 is 0. The molecule has 0 bridgehead atoms. The van der Waals surface area contributed by atoms with E-state index in [9.17, 15) is 9.18 Å². The van der Waals surface area contributed by atoms with Crippen LogP contribution in [0.4, 0.5) is 21.6 Å². The Hall–Kier alpha value is -3.21. The molecule has 0 fully saturated rings. The number of aromatic nitrogens is 1. The molecule has 0 aliphatic heterocycles. The highest BCUT2D eigenvalue weighted by Gasteiger charge is 2.06. The molecule has 5 heteroatoms. The zero-order chi connectivity index (χ0) is 16.9. The summed E-state index contributed by atoms with van der Waals surface area (Å²) in [7, 11) is 0. The van der Waals surface area contributed by atoms with Gasteiger partial charge >= 0.3 is 0 Å². The van der Waals surface area contributed by atoms with Crippen molar-refractivity contribution in [3.8, 4) is 0 Å². The Morgan fingerprint density at radius 1 is 1.00 bits per heavy atom. The Morgan fingerprint density at radius 3 is 2.54 bits per heavy atom. The molecule has 0 saturated carbocycles.